The summed E-state index contributed by atoms with van der Waals surface area (Å²) in [4.78, 5) is 17.7. The van der Waals surface area contributed by atoms with Gasteiger partial charge in [-0.2, -0.15) is 0 Å². The maximum absolute atomic E-state index is 11.2. The molecule has 0 saturated heterocycles. The van der Waals surface area contributed by atoms with Crippen LogP contribution in [-0.4, -0.2) is 17.1 Å². The quantitative estimate of drug-likeness (QED) is 0.736. The summed E-state index contributed by atoms with van der Waals surface area (Å²) in [5.74, 6) is 0.632. The Bertz CT molecular complexity index is 563. The highest BCUT2D eigenvalue weighted by molar-refractivity contribution is 5.70. The molecule has 0 aliphatic heterocycles. The molecular formula is C11H11N3O2. The molecule has 1 aromatic carbocycles. The lowest BCUT2D eigenvalue weighted by Crippen LogP contribution is -2.05. The number of ether oxygens (including phenoxy) is 1. The number of rotatable bonds is 2. The average molecular weight is 217 g/mol. The lowest BCUT2D eigenvalue weighted by molar-refractivity contribution is 0.416. The third-order valence-corrected chi connectivity index (χ3v) is 2.18. The van der Waals surface area contributed by atoms with E-state index in [-0.39, 0.29) is 5.56 Å². The molecule has 0 amide bonds. The van der Waals surface area contributed by atoms with E-state index in [1.54, 1.807) is 25.3 Å². The summed E-state index contributed by atoms with van der Waals surface area (Å²) in [5.41, 5.74) is 7.31. The van der Waals surface area contributed by atoms with E-state index in [4.69, 9.17) is 10.5 Å². The Balaban J connectivity index is 2.62. The van der Waals surface area contributed by atoms with Gasteiger partial charge in [-0.1, -0.05) is 0 Å². The number of hydrogen-bond acceptors (Lipinski definition) is 4. The molecule has 2 aromatic rings. The van der Waals surface area contributed by atoms with Crippen LogP contribution in [-0.2, 0) is 0 Å². The van der Waals surface area contributed by atoms with Gasteiger partial charge in [0.15, 0.2) is 0 Å². The van der Waals surface area contributed by atoms with Crippen molar-refractivity contribution in [3.63, 3.8) is 0 Å². The summed E-state index contributed by atoms with van der Waals surface area (Å²) in [5, 5.41) is 0. The van der Waals surface area contributed by atoms with Crippen molar-refractivity contribution in [1.29, 1.82) is 0 Å². The second-order valence-electron chi connectivity index (χ2n) is 3.26. The van der Waals surface area contributed by atoms with Crippen LogP contribution in [0.4, 0.5) is 5.69 Å². The van der Waals surface area contributed by atoms with Crippen molar-refractivity contribution >= 4 is 5.69 Å². The zero-order chi connectivity index (χ0) is 11.5. The van der Waals surface area contributed by atoms with Crippen LogP contribution < -0.4 is 16.0 Å². The Morgan fingerprint density at radius 3 is 2.88 bits per heavy atom. The molecule has 1 aromatic heterocycles. The SMILES string of the molecule is COc1ccc(N)cc1-c1cc(=O)[nH]cn1. The zero-order valence-corrected chi connectivity index (χ0v) is 8.73. The van der Waals surface area contributed by atoms with Gasteiger partial charge in [0.25, 0.3) is 5.56 Å². The average Bonchev–Trinajstić information content (AvgIpc) is 2.29. The molecule has 16 heavy (non-hydrogen) atoms. The Kier molecular flexibility index (Phi) is 2.59. The Morgan fingerprint density at radius 1 is 1.38 bits per heavy atom. The van der Waals surface area contributed by atoms with Crippen LogP contribution in [0.2, 0.25) is 0 Å². The summed E-state index contributed by atoms with van der Waals surface area (Å²) < 4.78 is 5.19. The summed E-state index contributed by atoms with van der Waals surface area (Å²) in [6, 6.07) is 6.60. The number of hydrogen-bond donors (Lipinski definition) is 2. The molecule has 1 heterocycles. The van der Waals surface area contributed by atoms with Crippen molar-refractivity contribution in [2.45, 2.75) is 0 Å². The molecule has 0 atom stereocenters. The summed E-state index contributed by atoms with van der Waals surface area (Å²) >= 11 is 0. The second-order valence-corrected chi connectivity index (χ2v) is 3.26. The first-order valence-corrected chi connectivity index (χ1v) is 4.69. The van der Waals surface area contributed by atoms with Crippen LogP contribution in [0.5, 0.6) is 5.75 Å². The highest BCUT2D eigenvalue weighted by Crippen LogP contribution is 2.29. The minimum Gasteiger partial charge on any atom is -0.496 e. The first-order chi connectivity index (χ1) is 7.70. The maximum atomic E-state index is 11.2. The Labute approximate surface area is 91.9 Å². The van der Waals surface area contributed by atoms with Crippen molar-refractivity contribution in [2.75, 3.05) is 12.8 Å². The third-order valence-electron chi connectivity index (χ3n) is 2.18. The molecule has 5 nitrogen and oxygen atoms in total. The fourth-order valence-electron chi connectivity index (χ4n) is 1.44. The van der Waals surface area contributed by atoms with Gasteiger partial charge >= 0.3 is 0 Å². The monoisotopic (exact) mass is 217 g/mol. The molecular weight excluding hydrogens is 206 g/mol. The van der Waals surface area contributed by atoms with Crippen LogP contribution in [0.15, 0.2) is 35.4 Å². The number of H-pyrrole nitrogens is 1. The van der Waals surface area contributed by atoms with Gasteiger partial charge in [-0.15, -0.1) is 0 Å². The molecule has 0 radical (unpaired) electrons. The Hall–Kier alpha value is -2.30. The standard InChI is InChI=1S/C11H11N3O2/c1-16-10-3-2-7(12)4-8(10)9-5-11(15)14-6-13-9/h2-6H,12H2,1H3,(H,13,14,15). The predicted octanol–water partition coefficient (Wildman–Crippen LogP) is 1.03. The molecule has 82 valence electrons. The van der Waals surface area contributed by atoms with Crippen LogP contribution in [0.25, 0.3) is 11.3 Å². The molecule has 5 heteroatoms. The first-order valence-electron chi connectivity index (χ1n) is 4.69. The summed E-state index contributed by atoms with van der Waals surface area (Å²) in [6.45, 7) is 0. The van der Waals surface area contributed by atoms with Crippen molar-refractivity contribution in [1.82, 2.24) is 9.97 Å². The van der Waals surface area contributed by atoms with E-state index in [2.05, 4.69) is 9.97 Å². The van der Waals surface area contributed by atoms with E-state index in [0.717, 1.165) is 0 Å². The molecule has 0 aliphatic rings. The van der Waals surface area contributed by atoms with Gasteiger partial charge in [0, 0.05) is 17.3 Å². The molecule has 0 fully saturated rings. The zero-order valence-electron chi connectivity index (χ0n) is 8.73. The minimum atomic E-state index is -0.213. The van der Waals surface area contributed by atoms with Crippen LogP contribution in [0.3, 0.4) is 0 Å². The predicted molar refractivity (Wildman–Crippen MR) is 61.3 cm³/mol. The van der Waals surface area contributed by atoms with E-state index >= 15 is 0 Å². The van der Waals surface area contributed by atoms with Crippen molar-refractivity contribution in [3.8, 4) is 17.0 Å². The molecule has 0 spiro atoms. The third kappa shape index (κ3) is 1.88. The lowest BCUT2D eigenvalue weighted by Gasteiger charge is -2.08. The van der Waals surface area contributed by atoms with Crippen molar-refractivity contribution < 1.29 is 4.74 Å². The molecule has 0 bridgehead atoms. The highest BCUT2D eigenvalue weighted by Gasteiger charge is 2.07. The number of aromatic nitrogens is 2. The van der Waals surface area contributed by atoms with E-state index in [9.17, 15) is 4.79 Å². The minimum absolute atomic E-state index is 0.213. The van der Waals surface area contributed by atoms with Gasteiger partial charge in [0.05, 0.1) is 19.1 Å². The normalized spacial score (nSPS) is 10.1. The summed E-state index contributed by atoms with van der Waals surface area (Å²) in [7, 11) is 1.56. The summed E-state index contributed by atoms with van der Waals surface area (Å²) in [6.07, 6.45) is 1.35. The molecule has 3 N–H and O–H groups in total. The van der Waals surface area contributed by atoms with Crippen LogP contribution >= 0.6 is 0 Å². The number of nitrogen functional groups attached to an aromatic ring is 1. The maximum Gasteiger partial charge on any atom is 0.251 e. The molecule has 2 rings (SSSR count). The number of aromatic amines is 1. The first kappa shape index (κ1) is 10.2. The number of nitrogens with zero attached hydrogens (tertiary/aromatic N) is 1. The van der Waals surface area contributed by atoms with E-state index in [0.29, 0.717) is 22.7 Å². The topological polar surface area (TPSA) is 81.0 Å². The fourth-order valence-corrected chi connectivity index (χ4v) is 1.44. The van der Waals surface area contributed by atoms with E-state index < -0.39 is 0 Å². The fraction of sp³-hybridized carbons (Fsp3) is 0.0909. The number of methoxy groups -OCH3 is 1. The van der Waals surface area contributed by atoms with Gasteiger partial charge in [0.1, 0.15) is 5.75 Å². The number of nitrogens with one attached hydrogen (secondary N) is 1. The number of anilines is 1. The lowest BCUT2D eigenvalue weighted by atomic mass is 10.1. The number of benzene rings is 1. The smallest absolute Gasteiger partial charge is 0.251 e. The van der Waals surface area contributed by atoms with Crippen molar-refractivity contribution in [3.05, 3.63) is 40.9 Å². The van der Waals surface area contributed by atoms with Gasteiger partial charge < -0.3 is 15.5 Å². The van der Waals surface area contributed by atoms with Crippen LogP contribution in [0.1, 0.15) is 0 Å². The highest BCUT2D eigenvalue weighted by atomic mass is 16.5. The Morgan fingerprint density at radius 2 is 2.19 bits per heavy atom. The van der Waals surface area contributed by atoms with E-state index in [1.807, 2.05) is 0 Å². The van der Waals surface area contributed by atoms with Crippen LogP contribution in [0, 0.1) is 0 Å². The van der Waals surface area contributed by atoms with Gasteiger partial charge in [-0.05, 0) is 18.2 Å². The molecule has 0 aliphatic carbocycles. The molecule has 0 unspecified atom stereocenters. The molecule has 0 saturated carbocycles. The van der Waals surface area contributed by atoms with Gasteiger partial charge in [0.2, 0.25) is 0 Å². The second kappa shape index (κ2) is 4.06. The van der Waals surface area contributed by atoms with Crippen molar-refractivity contribution in [2.24, 2.45) is 0 Å². The largest absolute Gasteiger partial charge is 0.496 e. The van der Waals surface area contributed by atoms with E-state index in [1.165, 1.54) is 12.4 Å². The van der Waals surface area contributed by atoms with Gasteiger partial charge in [-0.3, -0.25) is 4.79 Å². The van der Waals surface area contributed by atoms with Gasteiger partial charge in [-0.25, -0.2) is 4.98 Å². The number of nitrogens with two attached hydrogens (primary N) is 1.